The van der Waals surface area contributed by atoms with Crippen LogP contribution in [0.1, 0.15) is 102 Å². The summed E-state index contributed by atoms with van der Waals surface area (Å²) in [6, 6.07) is 14.2. The number of nitrogens with one attached hydrogen (secondary N) is 5. The van der Waals surface area contributed by atoms with Gasteiger partial charge in [0, 0.05) is 81.7 Å². The van der Waals surface area contributed by atoms with Crippen LogP contribution < -0.4 is 32.3 Å². The van der Waals surface area contributed by atoms with Gasteiger partial charge in [0.2, 0.25) is 29.5 Å². The van der Waals surface area contributed by atoms with E-state index in [1.54, 1.807) is 0 Å². The molecule has 6 amide bonds. The maximum Gasteiger partial charge on any atom is 0.407 e. The highest BCUT2D eigenvalue weighted by Crippen LogP contribution is 2.29. The maximum absolute atomic E-state index is 13.6. The average Bonchev–Trinajstić information content (AvgIpc) is 0.778. The average molecular weight is 1620 g/mol. The summed E-state index contributed by atoms with van der Waals surface area (Å²) in [5.74, 6) is -11.4. The number of hydrogen-bond acceptors (Lipinski definition) is 27. The highest BCUT2D eigenvalue weighted by Gasteiger charge is 2.23. The van der Waals surface area contributed by atoms with E-state index in [1.165, 1.54) is 0 Å². The number of carboxylic acids is 6. The molecule has 4 unspecified atom stereocenters. The van der Waals surface area contributed by atoms with Crippen LogP contribution in [-0.2, 0) is 131 Å². The Morgan fingerprint density at radius 2 is 0.623 bits per heavy atom. The van der Waals surface area contributed by atoms with Crippen LogP contribution in [0.2, 0.25) is 0 Å². The van der Waals surface area contributed by atoms with Crippen molar-refractivity contribution < 1.29 is 159 Å². The fourth-order valence-corrected chi connectivity index (χ4v) is 10.5. The van der Waals surface area contributed by atoms with E-state index < -0.39 is 114 Å². The van der Waals surface area contributed by atoms with Crippen molar-refractivity contribution in [3.63, 3.8) is 0 Å². The van der Waals surface area contributed by atoms with Gasteiger partial charge in [-0.05, 0) is 34.0 Å². The number of alkyl carbamates (subject to hydrolysis) is 1. The summed E-state index contributed by atoms with van der Waals surface area (Å²) in [6.07, 6.45) is -3.36. The Morgan fingerprint density at radius 3 is 0.947 bits per heavy atom. The fourth-order valence-electron chi connectivity index (χ4n) is 10.5. The lowest BCUT2D eigenvalue weighted by molar-refractivity contribution is -0.143. The highest BCUT2D eigenvalue weighted by atomic mass is 16.6. The van der Waals surface area contributed by atoms with Gasteiger partial charge in [-0.1, -0.05) is 48.5 Å². The second kappa shape index (κ2) is 61.0. The van der Waals surface area contributed by atoms with E-state index >= 15 is 0 Å². The first-order valence-electron chi connectivity index (χ1n) is 37.3. The molecule has 0 heterocycles. The predicted octanol–water partition coefficient (Wildman–Crippen LogP) is 1.57. The molecule has 0 aliphatic heterocycles. The van der Waals surface area contributed by atoms with Gasteiger partial charge in [0.25, 0.3) is 0 Å². The third-order valence-electron chi connectivity index (χ3n) is 16.0. The third kappa shape index (κ3) is 51.3. The molecule has 0 bridgehead atoms. The molecule has 39 heteroatoms. The number of nitrogens with two attached hydrogens (primary N) is 1. The zero-order valence-corrected chi connectivity index (χ0v) is 63.9. The molecule has 0 spiro atoms. The van der Waals surface area contributed by atoms with Gasteiger partial charge in [0.05, 0.1) is 208 Å². The van der Waals surface area contributed by atoms with Gasteiger partial charge in [-0.2, -0.15) is 0 Å². The van der Waals surface area contributed by atoms with Crippen LogP contribution in [0.5, 0.6) is 0 Å². The number of carbonyl (C=O) groups is 14. The molecular formula is C75H110N6O33. The SMILES string of the molecule is NC(=O)CCOCC(COCCC(=O)NC(COCCC(=O)O)COCCC(=O)O)NC(=O)CCOCC(COCCC(=O)NC(COCCC(=O)CC(COCCC(=O)O)COCCC(=O)O)COCCC(=O)NC(COCCC(=O)O)COCC(=O)O)CC(=O)CCCNC(=O)OCc1c2ccccc2cc2ccccc12. The van der Waals surface area contributed by atoms with Crippen LogP contribution in [0.15, 0.2) is 54.6 Å². The van der Waals surface area contributed by atoms with E-state index in [4.69, 9.17) is 98.0 Å². The first-order chi connectivity index (χ1) is 54.7. The van der Waals surface area contributed by atoms with Gasteiger partial charge in [0.15, 0.2) is 0 Å². The monoisotopic (exact) mass is 1620 g/mol. The Morgan fingerprint density at radius 1 is 0.333 bits per heavy atom. The van der Waals surface area contributed by atoms with Crippen LogP contribution in [0, 0.1) is 11.8 Å². The van der Waals surface area contributed by atoms with Gasteiger partial charge in [-0.15, -0.1) is 0 Å². The molecule has 0 aromatic heterocycles. The van der Waals surface area contributed by atoms with Gasteiger partial charge in [0.1, 0.15) is 24.8 Å². The molecule has 0 aliphatic rings. The van der Waals surface area contributed by atoms with E-state index in [-0.39, 0.29) is 273 Å². The largest absolute Gasteiger partial charge is 0.481 e. The van der Waals surface area contributed by atoms with Crippen molar-refractivity contribution >= 4 is 105 Å². The molecule has 0 fully saturated rings. The Hall–Kier alpha value is -9.52. The number of hydrogen-bond donors (Lipinski definition) is 12. The first kappa shape index (κ1) is 98.7. The molecule has 3 rings (SSSR count). The Labute approximate surface area is 658 Å². The summed E-state index contributed by atoms with van der Waals surface area (Å²) in [5.41, 5.74) is 6.10. The number of ketones is 2. The quantitative estimate of drug-likeness (QED) is 0.0282. The summed E-state index contributed by atoms with van der Waals surface area (Å²) in [6.45, 7) is -4.34. The minimum Gasteiger partial charge on any atom is -0.481 e. The second-order valence-corrected chi connectivity index (χ2v) is 26.1. The predicted molar refractivity (Wildman–Crippen MR) is 398 cm³/mol. The molecule has 4 atom stereocenters. The van der Waals surface area contributed by atoms with Crippen LogP contribution in [-0.4, -0.2) is 303 Å². The molecule has 0 aliphatic carbocycles. The van der Waals surface area contributed by atoms with Crippen LogP contribution in [0.3, 0.4) is 0 Å². The lowest BCUT2D eigenvalue weighted by atomic mass is 9.97. The smallest absolute Gasteiger partial charge is 0.407 e. The zero-order valence-electron chi connectivity index (χ0n) is 63.9. The van der Waals surface area contributed by atoms with Crippen molar-refractivity contribution in [1.29, 1.82) is 0 Å². The van der Waals surface area contributed by atoms with Gasteiger partial charge < -0.3 is 125 Å². The number of fused-ring (bicyclic) bond motifs is 2. The number of amides is 6. The lowest BCUT2D eigenvalue weighted by Gasteiger charge is -2.21. The Bertz CT molecular complexity index is 3340. The number of primary amides is 1. The number of carboxylic acid groups (broad SMARTS) is 6. The Kier molecular flexibility index (Phi) is 52.8. The van der Waals surface area contributed by atoms with Crippen molar-refractivity contribution in [1.82, 2.24) is 26.6 Å². The summed E-state index contributed by atoms with van der Waals surface area (Å²) in [7, 11) is 0. The van der Waals surface area contributed by atoms with E-state index in [0.717, 1.165) is 27.1 Å². The molecule has 3 aromatic rings. The second-order valence-electron chi connectivity index (χ2n) is 26.1. The van der Waals surface area contributed by atoms with Crippen molar-refractivity contribution in [2.75, 3.05) is 165 Å². The summed E-state index contributed by atoms with van der Waals surface area (Å²) in [5, 5.41) is 71.3. The van der Waals surface area contributed by atoms with Gasteiger partial charge in [-0.3, -0.25) is 57.5 Å². The molecule has 13 N–H and O–H groups in total. The standard InChI is InChI=1S/C75H110N6O33/c76-64(84)12-24-107-42-56(44-109-27-15-67(87)80-57(45-110-31-19-71(93)94)46-111-32-20-72(95)96)79-66(86)14-26-103-38-51(34-59(82)8-5-22-77-75(101)114-49-63-61-9-3-1-6-53(61)36-54-7-2-4-10-62(54)63)37-102-25-13-65(85)78-55(43-108-28-16-68(88)81-58(48-113-50-74(99)100)47-112-33-21-73(97)98)41-106-23-11-60(83)35-52(39-104-29-17-69(89)90)40-105-30-18-70(91)92/h1-4,6-7,9-10,36,51-52,55-58H,5,8,11-35,37-50H2,(H2,76,84)(H,77,101)(H,78,85)(H,79,86)(H,80,87)(H,81,88)(H,89,90)(H,91,92)(H,93,94)(H,95,96)(H,97,98)(H,99,100). The molecule has 0 saturated carbocycles. The Balaban J connectivity index is 1.71. The van der Waals surface area contributed by atoms with E-state index in [1.807, 2.05) is 48.5 Å². The maximum atomic E-state index is 13.6. The molecule has 638 valence electrons. The van der Waals surface area contributed by atoms with Crippen LogP contribution in [0.4, 0.5) is 4.79 Å². The molecule has 3 aromatic carbocycles. The summed E-state index contributed by atoms with van der Waals surface area (Å²) >= 11 is 0. The van der Waals surface area contributed by atoms with E-state index in [2.05, 4.69) is 32.7 Å². The van der Waals surface area contributed by atoms with Crippen LogP contribution in [0.25, 0.3) is 21.5 Å². The van der Waals surface area contributed by atoms with Crippen LogP contribution >= 0.6 is 0 Å². The zero-order chi connectivity index (χ0) is 83.5. The van der Waals surface area contributed by atoms with E-state index in [9.17, 15) is 67.1 Å². The first-order valence-corrected chi connectivity index (χ1v) is 37.3. The number of carbonyl (C=O) groups excluding carboxylic acids is 8. The minimum absolute atomic E-state index is 0.0123. The normalized spacial score (nSPS) is 12.4. The molecule has 0 radical (unpaired) electrons. The topological polar surface area (TPSA) is 567 Å². The molecule has 114 heavy (non-hydrogen) atoms. The molecule has 0 saturated heterocycles. The van der Waals surface area contributed by atoms with Crippen molar-refractivity contribution in [3.8, 4) is 0 Å². The summed E-state index contributed by atoms with van der Waals surface area (Å²) < 4.78 is 72.5. The number of ether oxygens (including phenoxy) is 13. The number of Topliss-reactive ketones (excluding diaryl/α,β-unsaturated/α-hetero) is 2. The summed E-state index contributed by atoms with van der Waals surface area (Å²) in [4.78, 5) is 170. The molecular weight excluding hydrogens is 1510 g/mol. The molecule has 39 nitrogen and oxygen atoms in total. The number of rotatable bonds is 73. The third-order valence-corrected chi connectivity index (χ3v) is 16.0. The van der Waals surface area contributed by atoms with Crippen molar-refractivity contribution in [2.24, 2.45) is 17.6 Å². The van der Waals surface area contributed by atoms with E-state index in [0.29, 0.717) is 0 Å². The lowest BCUT2D eigenvalue weighted by Crippen LogP contribution is -2.43. The van der Waals surface area contributed by atoms with Gasteiger partial charge in [-0.25, -0.2) is 9.59 Å². The van der Waals surface area contributed by atoms with Gasteiger partial charge >= 0.3 is 41.9 Å². The van der Waals surface area contributed by atoms with Crippen molar-refractivity contribution in [2.45, 2.75) is 127 Å². The van der Waals surface area contributed by atoms with Crippen molar-refractivity contribution in [3.05, 3.63) is 60.2 Å². The minimum atomic E-state index is -1.27. The fraction of sp³-hybridized carbons (Fsp3) is 0.627. The highest BCUT2D eigenvalue weighted by molar-refractivity contribution is 6.02. The number of aliphatic carboxylic acids is 6. The number of benzene rings is 3.